The van der Waals surface area contributed by atoms with Crippen molar-refractivity contribution in [2.45, 2.75) is 0 Å². The molecule has 1 aromatic carbocycles. The largest absolute Gasteiger partial charge is 0.287 e. The second-order valence-corrected chi connectivity index (χ2v) is 2.25. The number of hydrogen-bond donors (Lipinski definition) is 0. The highest BCUT2D eigenvalue weighted by Gasteiger charge is 2.14. The van der Waals surface area contributed by atoms with Crippen LogP contribution in [-0.4, -0.2) is 18.2 Å². The number of hydrogen-bond acceptors (Lipinski definition) is 2. The van der Waals surface area contributed by atoms with E-state index in [0.717, 1.165) is 0 Å². The molecule has 62 valence electrons. The molecule has 1 aromatic rings. The number of benzene rings is 1. The van der Waals surface area contributed by atoms with Crippen LogP contribution in [-0.2, 0) is 4.79 Å². The molecule has 0 unspecified atom stereocenters. The van der Waals surface area contributed by atoms with Crippen LogP contribution in [0.4, 0.5) is 4.39 Å². The summed E-state index contributed by atoms with van der Waals surface area (Å²) in [5, 5.41) is 0. The minimum atomic E-state index is -1.23. The Hall–Kier alpha value is -1.51. The van der Waals surface area contributed by atoms with Crippen molar-refractivity contribution in [3.63, 3.8) is 0 Å². The van der Waals surface area contributed by atoms with Crippen molar-refractivity contribution in [1.29, 1.82) is 0 Å². The van der Waals surface area contributed by atoms with Crippen LogP contribution < -0.4 is 0 Å². The van der Waals surface area contributed by atoms with Crippen molar-refractivity contribution in [3.05, 3.63) is 35.9 Å². The summed E-state index contributed by atoms with van der Waals surface area (Å²) in [6.45, 7) is -1.23. The summed E-state index contributed by atoms with van der Waals surface area (Å²) in [4.78, 5) is 21.6. The minimum absolute atomic E-state index is 0.236. The lowest BCUT2D eigenvalue weighted by atomic mass is 10.1. The summed E-state index contributed by atoms with van der Waals surface area (Å²) in [5.41, 5.74) is 0.236. The maximum atomic E-state index is 11.8. The van der Waals surface area contributed by atoms with Gasteiger partial charge in [-0.3, -0.25) is 9.59 Å². The molecule has 0 N–H and O–H groups in total. The topological polar surface area (TPSA) is 34.1 Å². The molecule has 0 atom stereocenters. The number of halogens is 1. The van der Waals surface area contributed by atoms with E-state index in [9.17, 15) is 14.0 Å². The molecule has 0 aromatic heterocycles. The van der Waals surface area contributed by atoms with Gasteiger partial charge in [0.25, 0.3) is 0 Å². The number of ketones is 2. The number of carbonyl (C=O) groups excluding carboxylic acids is 2. The van der Waals surface area contributed by atoms with Gasteiger partial charge >= 0.3 is 0 Å². The maximum absolute atomic E-state index is 11.8. The molecule has 1 rings (SSSR count). The van der Waals surface area contributed by atoms with E-state index < -0.39 is 18.2 Å². The SMILES string of the molecule is O=C(CF)C(=O)c1ccccc1. The molecule has 0 amide bonds. The Kier molecular flexibility index (Phi) is 2.69. The second kappa shape index (κ2) is 3.76. The van der Waals surface area contributed by atoms with E-state index >= 15 is 0 Å². The molecule has 3 heteroatoms. The molecular formula is C9H7FO2. The van der Waals surface area contributed by atoms with Gasteiger partial charge in [0.05, 0.1) is 0 Å². The third-order valence-electron chi connectivity index (χ3n) is 1.41. The van der Waals surface area contributed by atoms with Gasteiger partial charge in [-0.2, -0.15) is 0 Å². The van der Waals surface area contributed by atoms with Crippen LogP contribution in [0.1, 0.15) is 10.4 Å². The molecule has 0 saturated carbocycles. The minimum Gasteiger partial charge on any atom is -0.287 e. The van der Waals surface area contributed by atoms with E-state index in [-0.39, 0.29) is 5.56 Å². The number of Topliss-reactive ketones (excluding diaryl/α,β-unsaturated/α-hetero) is 2. The van der Waals surface area contributed by atoms with Gasteiger partial charge in [-0.1, -0.05) is 30.3 Å². The first-order chi connectivity index (χ1) is 5.75. The fourth-order valence-corrected chi connectivity index (χ4v) is 0.811. The molecule has 12 heavy (non-hydrogen) atoms. The van der Waals surface area contributed by atoms with Gasteiger partial charge in [-0.05, 0) is 0 Å². The van der Waals surface area contributed by atoms with Crippen LogP contribution in [0.2, 0.25) is 0 Å². The van der Waals surface area contributed by atoms with Gasteiger partial charge in [0.15, 0.2) is 6.67 Å². The molecule has 0 spiro atoms. The summed E-state index contributed by atoms with van der Waals surface area (Å²) in [7, 11) is 0. The lowest BCUT2D eigenvalue weighted by molar-refractivity contribution is -0.115. The molecule has 2 nitrogen and oxygen atoms in total. The highest BCUT2D eigenvalue weighted by Crippen LogP contribution is 2.00. The molecule has 0 aliphatic carbocycles. The van der Waals surface area contributed by atoms with Crippen molar-refractivity contribution < 1.29 is 14.0 Å². The maximum Gasteiger partial charge on any atom is 0.234 e. The Morgan fingerprint density at radius 3 is 2.25 bits per heavy atom. The average molecular weight is 166 g/mol. The van der Waals surface area contributed by atoms with E-state index in [1.807, 2.05) is 0 Å². The van der Waals surface area contributed by atoms with Crippen molar-refractivity contribution in [2.75, 3.05) is 6.67 Å². The van der Waals surface area contributed by atoms with E-state index in [2.05, 4.69) is 0 Å². The monoisotopic (exact) mass is 166 g/mol. The van der Waals surface area contributed by atoms with Crippen LogP contribution in [0.25, 0.3) is 0 Å². The second-order valence-electron chi connectivity index (χ2n) is 2.25. The molecule has 0 radical (unpaired) electrons. The van der Waals surface area contributed by atoms with Crippen LogP contribution in [0, 0.1) is 0 Å². The van der Waals surface area contributed by atoms with Gasteiger partial charge < -0.3 is 0 Å². The van der Waals surface area contributed by atoms with Crippen LogP contribution in [0.3, 0.4) is 0 Å². The zero-order chi connectivity index (χ0) is 8.97. The van der Waals surface area contributed by atoms with Gasteiger partial charge in [0, 0.05) is 5.56 Å². The first kappa shape index (κ1) is 8.59. The summed E-state index contributed by atoms with van der Waals surface area (Å²) in [6, 6.07) is 7.93. The number of carbonyl (C=O) groups is 2. The lowest BCUT2D eigenvalue weighted by Gasteiger charge is -1.94. The number of rotatable bonds is 3. The van der Waals surface area contributed by atoms with Crippen molar-refractivity contribution >= 4 is 11.6 Å². The van der Waals surface area contributed by atoms with E-state index in [4.69, 9.17) is 0 Å². The highest BCUT2D eigenvalue weighted by atomic mass is 19.1. The van der Waals surface area contributed by atoms with Crippen molar-refractivity contribution in [1.82, 2.24) is 0 Å². The van der Waals surface area contributed by atoms with Gasteiger partial charge in [-0.25, -0.2) is 4.39 Å². The molecular weight excluding hydrogens is 159 g/mol. The molecule has 0 heterocycles. The third-order valence-corrected chi connectivity index (χ3v) is 1.41. The number of alkyl halides is 1. The van der Waals surface area contributed by atoms with Gasteiger partial charge in [0.1, 0.15) is 0 Å². The first-order valence-electron chi connectivity index (χ1n) is 3.44. The summed E-state index contributed by atoms with van der Waals surface area (Å²) in [6.07, 6.45) is 0. The third kappa shape index (κ3) is 1.75. The Labute approximate surface area is 69.0 Å². The standard InChI is InChI=1S/C9H7FO2/c10-6-8(11)9(12)7-4-2-1-3-5-7/h1-5H,6H2. The Bertz CT molecular complexity index is 293. The van der Waals surface area contributed by atoms with E-state index in [1.165, 1.54) is 12.1 Å². The molecule has 0 aliphatic heterocycles. The smallest absolute Gasteiger partial charge is 0.234 e. The van der Waals surface area contributed by atoms with Crippen LogP contribution in [0.15, 0.2) is 30.3 Å². The quantitative estimate of drug-likeness (QED) is 0.502. The Morgan fingerprint density at radius 2 is 1.75 bits per heavy atom. The summed E-state index contributed by atoms with van der Waals surface area (Å²) < 4.78 is 11.8. The van der Waals surface area contributed by atoms with Gasteiger partial charge in [-0.15, -0.1) is 0 Å². The lowest BCUT2D eigenvalue weighted by Crippen LogP contribution is -2.15. The normalized spacial score (nSPS) is 9.42. The fraction of sp³-hybridized carbons (Fsp3) is 0.111. The predicted octanol–water partition coefficient (Wildman–Crippen LogP) is 1.41. The summed E-state index contributed by atoms with van der Waals surface area (Å²) in [5.74, 6) is -1.76. The highest BCUT2D eigenvalue weighted by molar-refractivity contribution is 6.44. The predicted molar refractivity (Wildman–Crippen MR) is 41.8 cm³/mol. The molecule has 0 aliphatic rings. The van der Waals surface area contributed by atoms with E-state index in [0.29, 0.717) is 0 Å². The fourth-order valence-electron chi connectivity index (χ4n) is 0.811. The molecule has 0 bridgehead atoms. The molecule has 0 fully saturated rings. The van der Waals surface area contributed by atoms with Crippen molar-refractivity contribution in [3.8, 4) is 0 Å². The van der Waals surface area contributed by atoms with Crippen LogP contribution >= 0.6 is 0 Å². The van der Waals surface area contributed by atoms with Crippen molar-refractivity contribution in [2.24, 2.45) is 0 Å². The zero-order valence-electron chi connectivity index (χ0n) is 6.29. The van der Waals surface area contributed by atoms with Gasteiger partial charge in [0.2, 0.25) is 11.6 Å². The zero-order valence-corrected chi connectivity index (χ0v) is 6.29. The Morgan fingerprint density at radius 1 is 1.17 bits per heavy atom. The molecule has 0 saturated heterocycles. The van der Waals surface area contributed by atoms with E-state index in [1.54, 1.807) is 18.2 Å². The average Bonchev–Trinajstić information content (AvgIpc) is 2.17. The van der Waals surface area contributed by atoms with Crippen LogP contribution in [0.5, 0.6) is 0 Å². The first-order valence-corrected chi connectivity index (χ1v) is 3.44. The Balaban J connectivity index is 2.86. The summed E-state index contributed by atoms with van der Waals surface area (Å²) >= 11 is 0.